The first-order valence-electron chi connectivity index (χ1n) is 8.99. The lowest BCUT2D eigenvalue weighted by Crippen LogP contribution is -3.00. The quantitative estimate of drug-likeness (QED) is 0.513. The van der Waals surface area contributed by atoms with Crippen LogP contribution in [-0.4, -0.2) is 24.7 Å². The number of thiazole rings is 1. The summed E-state index contributed by atoms with van der Waals surface area (Å²) in [5.41, 5.74) is 3.43. The number of allylic oxidation sites excluding steroid dienone is 1. The van der Waals surface area contributed by atoms with Gasteiger partial charge in [-0.25, -0.2) is 4.99 Å². The van der Waals surface area contributed by atoms with Gasteiger partial charge in [0, 0.05) is 30.1 Å². The predicted octanol–water partition coefficient (Wildman–Crippen LogP) is 1.61. The van der Waals surface area contributed by atoms with E-state index in [9.17, 15) is 4.79 Å². The van der Waals surface area contributed by atoms with E-state index in [1.165, 1.54) is 18.3 Å². The molecule has 6 nitrogen and oxygen atoms in total. The van der Waals surface area contributed by atoms with Crippen molar-refractivity contribution in [3.63, 3.8) is 0 Å². The lowest BCUT2D eigenvalue weighted by atomic mass is 10.1. The maximum absolute atomic E-state index is 11.2. The van der Waals surface area contributed by atoms with Crippen LogP contribution < -0.4 is 36.6 Å². The van der Waals surface area contributed by atoms with Gasteiger partial charge in [-0.15, -0.1) is 17.9 Å². The number of anilines is 1. The fourth-order valence-electron chi connectivity index (χ4n) is 2.89. The first kappa shape index (κ1) is 23.4. The molecule has 0 saturated carbocycles. The molecule has 30 heavy (non-hydrogen) atoms. The van der Waals surface area contributed by atoms with Crippen molar-refractivity contribution >= 4 is 28.6 Å². The number of hydrogen-bond acceptors (Lipinski definition) is 5. The number of ether oxygens (including phenoxy) is 2. The van der Waals surface area contributed by atoms with Crippen LogP contribution in [0.15, 0.2) is 65.5 Å². The SMILES string of the molecule is C=CCn1c(-c2cc(OC)ccc2OC)csc1=Nc1ccc(NC(C)=O)cc1.[Br-]. The maximum atomic E-state index is 11.2. The van der Waals surface area contributed by atoms with Crippen molar-refractivity contribution in [3.8, 4) is 22.8 Å². The van der Waals surface area contributed by atoms with Gasteiger partial charge in [0.05, 0.1) is 25.6 Å². The van der Waals surface area contributed by atoms with E-state index in [1.54, 1.807) is 14.2 Å². The van der Waals surface area contributed by atoms with Gasteiger partial charge in [-0.05, 0) is 42.5 Å². The predicted molar refractivity (Wildman–Crippen MR) is 117 cm³/mol. The second-order valence-corrected chi connectivity index (χ2v) is 7.05. The highest BCUT2D eigenvalue weighted by Crippen LogP contribution is 2.34. The largest absolute Gasteiger partial charge is 1.00 e. The van der Waals surface area contributed by atoms with Gasteiger partial charge in [-0.3, -0.25) is 4.79 Å². The van der Waals surface area contributed by atoms with Crippen molar-refractivity contribution in [1.82, 2.24) is 4.57 Å². The standard InChI is InChI=1S/C22H23N3O3S.BrH/c1-5-12-25-20(19-13-18(27-3)10-11-21(19)28-4)14-29-22(25)24-17-8-6-16(7-9-17)23-15(2)26;/h5-11,13-14H,1,12H2,2-4H3,(H,23,26);1H/p-1. The van der Waals surface area contributed by atoms with Gasteiger partial charge >= 0.3 is 0 Å². The third kappa shape index (κ3) is 5.40. The average Bonchev–Trinajstić information content (AvgIpc) is 3.11. The Morgan fingerprint density at radius 2 is 1.93 bits per heavy atom. The molecule has 1 aromatic heterocycles. The van der Waals surface area contributed by atoms with Gasteiger partial charge < -0.3 is 36.3 Å². The molecular formula is C22H23BrN3O3S-. The number of carbonyl (C=O) groups excluding carboxylic acids is 1. The van der Waals surface area contributed by atoms with E-state index in [2.05, 4.69) is 16.5 Å². The number of nitrogens with zero attached hydrogens (tertiary/aromatic N) is 2. The minimum Gasteiger partial charge on any atom is -1.00 e. The summed E-state index contributed by atoms with van der Waals surface area (Å²) in [6, 6.07) is 13.1. The normalized spacial score (nSPS) is 10.8. The van der Waals surface area contributed by atoms with Crippen molar-refractivity contribution in [1.29, 1.82) is 0 Å². The minimum absolute atomic E-state index is 0. The van der Waals surface area contributed by atoms with E-state index < -0.39 is 0 Å². The molecule has 0 aliphatic carbocycles. The van der Waals surface area contributed by atoms with E-state index >= 15 is 0 Å². The Kier molecular flexibility index (Phi) is 8.44. The molecular weight excluding hydrogens is 466 g/mol. The number of rotatable bonds is 7. The highest BCUT2D eigenvalue weighted by atomic mass is 79.9. The van der Waals surface area contributed by atoms with E-state index in [0.717, 1.165) is 38.9 Å². The zero-order chi connectivity index (χ0) is 20.8. The molecule has 3 aromatic rings. The Hall–Kier alpha value is -2.84. The monoisotopic (exact) mass is 488 g/mol. The molecule has 1 heterocycles. The number of amides is 1. The van der Waals surface area contributed by atoms with Crippen LogP contribution in [0.25, 0.3) is 11.3 Å². The first-order chi connectivity index (χ1) is 14.0. The maximum Gasteiger partial charge on any atom is 0.221 e. The number of aromatic nitrogens is 1. The second kappa shape index (κ2) is 10.8. The Morgan fingerprint density at radius 3 is 2.53 bits per heavy atom. The van der Waals surface area contributed by atoms with Crippen LogP contribution in [0.1, 0.15) is 6.92 Å². The van der Waals surface area contributed by atoms with Crippen molar-refractivity contribution in [3.05, 3.63) is 65.3 Å². The number of halogens is 1. The Balaban J connectivity index is 0.00000320. The van der Waals surface area contributed by atoms with E-state index in [1.807, 2.05) is 53.9 Å². The van der Waals surface area contributed by atoms with Crippen molar-refractivity contribution in [2.75, 3.05) is 19.5 Å². The highest BCUT2D eigenvalue weighted by Gasteiger charge is 2.13. The van der Waals surface area contributed by atoms with Crippen LogP contribution in [0.4, 0.5) is 11.4 Å². The van der Waals surface area contributed by atoms with Crippen LogP contribution in [0, 0.1) is 0 Å². The van der Waals surface area contributed by atoms with Gasteiger partial charge in [-0.2, -0.15) is 0 Å². The van der Waals surface area contributed by atoms with Crippen LogP contribution in [0.2, 0.25) is 0 Å². The number of nitrogens with one attached hydrogen (secondary N) is 1. The third-order valence-electron chi connectivity index (χ3n) is 4.20. The molecule has 2 aromatic carbocycles. The fraction of sp³-hybridized carbons (Fsp3) is 0.182. The molecule has 0 atom stereocenters. The van der Waals surface area contributed by atoms with Crippen LogP contribution >= 0.6 is 11.3 Å². The number of methoxy groups -OCH3 is 2. The van der Waals surface area contributed by atoms with Gasteiger partial charge in [0.2, 0.25) is 5.91 Å². The first-order valence-corrected chi connectivity index (χ1v) is 9.87. The van der Waals surface area contributed by atoms with Crippen molar-refractivity contribution < 1.29 is 31.2 Å². The molecule has 0 fully saturated rings. The summed E-state index contributed by atoms with van der Waals surface area (Å²) >= 11 is 1.54. The van der Waals surface area contributed by atoms with E-state index in [-0.39, 0.29) is 22.9 Å². The van der Waals surface area contributed by atoms with Crippen molar-refractivity contribution in [2.24, 2.45) is 4.99 Å². The van der Waals surface area contributed by atoms with Gasteiger partial charge in [-0.1, -0.05) is 6.08 Å². The Morgan fingerprint density at radius 1 is 1.20 bits per heavy atom. The van der Waals surface area contributed by atoms with Gasteiger partial charge in [0.15, 0.2) is 4.80 Å². The molecule has 0 aliphatic heterocycles. The molecule has 0 spiro atoms. The summed E-state index contributed by atoms with van der Waals surface area (Å²) < 4.78 is 13.0. The van der Waals surface area contributed by atoms with Crippen LogP contribution in [0.3, 0.4) is 0 Å². The lowest BCUT2D eigenvalue weighted by Gasteiger charge is -2.12. The minimum atomic E-state index is -0.103. The molecule has 1 amide bonds. The summed E-state index contributed by atoms with van der Waals surface area (Å²) in [5.74, 6) is 1.41. The van der Waals surface area contributed by atoms with Crippen LogP contribution in [0.5, 0.6) is 11.5 Å². The number of benzene rings is 2. The molecule has 1 N–H and O–H groups in total. The smallest absolute Gasteiger partial charge is 0.221 e. The highest BCUT2D eigenvalue weighted by molar-refractivity contribution is 7.07. The summed E-state index contributed by atoms with van der Waals surface area (Å²) in [5, 5.41) is 4.80. The molecule has 158 valence electrons. The Bertz CT molecular complexity index is 1090. The molecule has 0 bridgehead atoms. The molecule has 8 heteroatoms. The molecule has 0 saturated heterocycles. The molecule has 0 radical (unpaired) electrons. The van der Waals surface area contributed by atoms with Gasteiger partial charge in [0.1, 0.15) is 11.5 Å². The fourth-order valence-corrected chi connectivity index (χ4v) is 3.82. The van der Waals surface area contributed by atoms with Crippen molar-refractivity contribution in [2.45, 2.75) is 13.5 Å². The number of hydrogen-bond donors (Lipinski definition) is 1. The van der Waals surface area contributed by atoms with Gasteiger partial charge in [0.25, 0.3) is 0 Å². The molecule has 0 aliphatic rings. The lowest BCUT2D eigenvalue weighted by molar-refractivity contribution is -0.114. The van der Waals surface area contributed by atoms with E-state index in [0.29, 0.717) is 6.54 Å². The van der Waals surface area contributed by atoms with Crippen LogP contribution in [-0.2, 0) is 11.3 Å². The zero-order valence-corrected chi connectivity index (χ0v) is 19.4. The summed E-state index contributed by atoms with van der Waals surface area (Å²) in [4.78, 5) is 16.8. The summed E-state index contributed by atoms with van der Waals surface area (Å²) in [6.45, 7) is 5.96. The molecule has 0 unspecified atom stereocenters. The summed E-state index contributed by atoms with van der Waals surface area (Å²) in [7, 11) is 3.29. The Labute approximate surface area is 190 Å². The molecule has 3 rings (SSSR count). The third-order valence-corrected chi connectivity index (χ3v) is 5.07. The topological polar surface area (TPSA) is 64.8 Å². The average molecular weight is 489 g/mol. The van der Waals surface area contributed by atoms with E-state index in [4.69, 9.17) is 14.5 Å². The second-order valence-electron chi connectivity index (χ2n) is 6.21. The zero-order valence-electron chi connectivity index (χ0n) is 17.0. The number of carbonyl (C=O) groups is 1. The summed E-state index contributed by atoms with van der Waals surface area (Å²) in [6.07, 6.45) is 1.84.